The van der Waals surface area contributed by atoms with Crippen LogP contribution in [0.1, 0.15) is 84.2 Å². The van der Waals surface area contributed by atoms with Gasteiger partial charge in [-0.05, 0) is 79.2 Å². The van der Waals surface area contributed by atoms with Crippen molar-refractivity contribution < 1.29 is 0 Å². The summed E-state index contributed by atoms with van der Waals surface area (Å²) >= 11 is 0. The van der Waals surface area contributed by atoms with Gasteiger partial charge in [0.25, 0.3) is 0 Å². The molecule has 0 radical (unpaired) electrons. The Hall–Kier alpha value is -2.48. The molecule has 2 fully saturated rings. The van der Waals surface area contributed by atoms with E-state index in [1.54, 1.807) is 0 Å². The van der Waals surface area contributed by atoms with Crippen LogP contribution in [0, 0.1) is 6.92 Å². The second-order valence-corrected chi connectivity index (χ2v) is 9.41. The van der Waals surface area contributed by atoms with Crippen molar-refractivity contribution in [1.82, 2.24) is 10.2 Å². The molecule has 1 N–H and O–H groups in total. The summed E-state index contributed by atoms with van der Waals surface area (Å²) in [6.07, 6.45) is 7.45. The summed E-state index contributed by atoms with van der Waals surface area (Å²) in [6.45, 7) is 15.4. The largest absolute Gasteiger partial charge is 0.388 e. The summed E-state index contributed by atoms with van der Waals surface area (Å²) in [6, 6.07) is 14.0. The van der Waals surface area contributed by atoms with E-state index >= 15 is 0 Å². The first kappa shape index (κ1) is 21.7. The van der Waals surface area contributed by atoms with Crippen molar-refractivity contribution in [3.8, 4) is 0 Å². The maximum atomic E-state index is 4.54. The van der Waals surface area contributed by atoms with Crippen LogP contribution in [-0.4, -0.2) is 25.0 Å². The third-order valence-corrected chi connectivity index (χ3v) is 7.62. The summed E-state index contributed by atoms with van der Waals surface area (Å²) in [5.74, 6) is 1.35. The fraction of sp³-hybridized carbons (Fsp3) is 0.448. The third-order valence-electron chi connectivity index (χ3n) is 7.62. The monoisotopic (exact) mass is 414 g/mol. The van der Waals surface area contributed by atoms with Gasteiger partial charge in [-0.25, -0.2) is 0 Å². The molecule has 0 spiro atoms. The van der Waals surface area contributed by atoms with Crippen LogP contribution in [0.2, 0.25) is 0 Å². The molecule has 2 aromatic rings. The summed E-state index contributed by atoms with van der Waals surface area (Å²) in [5, 5.41) is 3.28. The highest BCUT2D eigenvalue weighted by Crippen LogP contribution is 2.41. The molecule has 164 valence electrons. The zero-order valence-electron chi connectivity index (χ0n) is 19.6. The number of likely N-dealkylation sites (tertiary alicyclic amines) is 1. The summed E-state index contributed by atoms with van der Waals surface area (Å²) in [7, 11) is 1.97. The van der Waals surface area contributed by atoms with Crippen molar-refractivity contribution in [1.29, 1.82) is 0 Å². The summed E-state index contributed by atoms with van der Waals surface area (Å²) in [5.41, 5.74) is 10.5. The highest BCUT2D eigenvalue weighted by molar-refractivity contribution is 5.74. The topological polar surface area (TPSA) is 15.3 Å². The molecule has 1 saturated carbocycles. The zero-order chi connectivity index (χ0) is 22.0. The van der Waals surface area contributed by atoms with Gasteiger partial charge in [-0.3, -0.25) is 0 Å². The summed E-state index contributed by atoms with van der Waals surface area (Å²) in [4.78, 5) is 2.49. The Balaban J connectivity index is 1.49. The van der Waals surface area contributed by atoms with Crippen LogP contribution < -0.4 is 5.32 Å². The average Bonchev–Trinajstić information content (AvgIpc) is 2.77. The Kier molecular flexibility index (Phi) is 6.55. The smallest absolute Gasteiger partial charge is 0.0369 e. The van der Waals surface area contributed by atoms with Crippen LogP contribution in [-0.2, 0) is 6.42 Å². The third kappa shape index (κ3) is 4.44. The van der Waals surface area contributed by atoms with E-state index in [1.807, 2.05) is 7.05 Å². The second kappa shape index (κ2) is 9.34. The molecule has 0 unspecified atom stereocenters. The van der Waals surface area contributed by atoms with Crippen LogP contribution in [0.5, 0.6) is 0 Å². The van der Waals surface area contributed by atoms with E-state index in [4.69, 9.17) is 0 Å². The number of nitrogens with zero attached hydrogens (tertiary/aromatic N) is 1. The molecule has 0 bridgehead atoms. The molecule has 2 aromatic carbocycles. The highest BCUT2D eigenvalue weighted by atomic mass is 15.1. The van der Waals surface area contributed by atoms with Crippen LogP contribution in [0.15, 0.2) is 49.6 Å². The van der Waals surface area contributed by atoms with Gasteiger partial charge in [0.2, 0.25) is 0 Å². The van der Waals surface area contributed by atoms with Crippen molar-refractivity contribution in [2.24, 2.45) is 0 Å². The molecular weight excluding hydrogens is 376 g/mol. The average molecular weight is 415 g/mol. The van der Waals surface area contributed by atoms with Crippen molar-refractivity contribution in [3.63, 3.8) is 0 Å². The molecule has 1 aliphatic heterocycles. The van der Waals surface area contributed by atoms with E-state index in [0.717, 1.165) is 25.2 Å². The standard InChI is InChI=1S/C29H38N2/c1-6-23-10-12-24(13-11-23)25-14-16-31(17-15-25)22(4)27-19-28(21(3)30-5)29(18-20(27)2)26-8-7-9-26/h10-13,18-19,25-26,30H,3-4,6-9,14-17H2,1-2,5H3. The van der Waals surface area contributed by atoms with Crippen molar-refractivity contribution in [3.05, 3.63) is 82.9 Å². The van der Waals surface area contributed by atoms with Gasteiger partial charge < -0.3 is 10.2 Å². The number of rotatable bonds is 7. The lowest BCUT2D eigenvalue weighted by molar-refractivity contribution is 0.299. The van der Waals surface area contributed by atoms with E-state index in [9.17, 15) is 0 Å². The fourth-order valence-corrected chi connectivity index (χ4v) is 5.17. The van der Waals surface area contributed by atoms with Crippen LogP contribution in [0.25, 0.3) is 11.4 Å². The number of hydrogen-bond acceptors (Lipinski definition) is 2. The molecule has 2 nitrogen and oxygen atoms in total. The quantitative estimate of drug-likeness (QED) is 0.532. The van der Waals surface area contributed by atoms with E-state index in [2.05, 4.69) is 73.6 Å². The van der Waals surface area contributed by atoms with Gasteiger partial charge in [0.1, 0.15) is 0 Å². The van der Waals surface area contributed by atoms with Crippen LogP contribution >= 0.6 is 0 Å². The highest BCUT2D eigenvalue weighted by Gasteiger charge is 2.26. The maximum Gasteiger partial charge on any atom is 0.0369 e. The fourth-order valence-electron chi connectivity index (χ4n) is 5.17. The van der Waals surface area contributed by atoms with Crippen LogP contribution in [0.4, 0.5) is 0 Å². The van der Waals surface area contributed by atoms with E-state index in [-0.39, 0.29) is 0 Å². The van der Waals surface area contributed by atoms with Crippen LogP contribution in [0.3, 0.4) is 0 Å². The Morgan fingerprint density at radius 2 is 1.65 bits per heavy atom. The number of nitrogens with one attached hydrogen (secondary N) is 1. The minimum atomic E-state index is 0.664. The van der Waals surface area contributed by atoms with Gasteiger partial charge in [0.15, 0.2) is 0 Å². The van der Waals surface area contributed by atoms with Gasteiger partial charge in [-0.1, -0.05) is 56.8 Å². The normalized spacial score (nSPS) is 17.3. The molecule has 1 heterocycles. The Labute approximate surface area is 189 Å². The molecule has 2 heteroatoms. The molecule has 1 aliphatic carbocycles. The number of hydrogen-bond donors (Lipinski definition) is 1. The zero-order valence-corrected chi connectivity index (χ0v) is 19.6. The molecule has 4 rings (SSSR count). The first-order valence-electron chi connectivity index (χ1n) is 12.1. The van der Waals surface area contributed by atoms with Gasteiger partial charge >= 0.3 is 0 Å². The molecule has 31 heavy (non-hydrogen) atoms. The lowest BCUT2D eigenvalue weighted by Crippen LogP contribution is -2.31. The molecule has 0 aromatic heterocycles. The van der Waals surface area contributed by atoms with Crippen molar-refractivity contribution in [2.75, 3.05) is 20.1 Å². The van der Waals surface area contributed by atoms with Gasteiger partial charge in [-0.2, -0.15) is 0 Å². The van der Waals surface area contributed by atoms with E-state index < -0.39 is 0 Å². The Morgan fingerprint density at radius 3 is 2.19 bits per heavy atom. The molecule has 0 atom stereocenters. The van der Waals surface area contributed by atoms with Gasteiger partial charge in [0.05, 0.1) is 0 Å². The van der Waals surface area contributed by atoms with Crippen molar-refractivity contribution >= 4 is 11.4 Å². The SMILES string of the molecule is C=C(NC)c1cc(C(=C)N2CCC(c3ccc(CC)cc3)CC2)c(C)cc1C1CCC1. The van der Waals surface area contributed by atoms with E-state index in [1.165, 1.54) is 71.2 Å². The first-order valence-corrected chi connectivity index (χ1v) is 12.1. The van der Waals surface area contributed by atoms with E-state index in [0.29, 0.717) is 11.8 Å². The number of benzene rings is 2. The van der Waals surface area contributed by atoms with Crippen molar-refractivity contribution in [2.45, 2.75) is 64.2 Å². The first-order chi connectivity index (χ1) is 15.0. The molecule has 2 aliphatic rings. The summed E-state index contributed by atoms with van der Waals surface area (Å²) < 4.78 is 0. The number of aryl methyl sites for hydroxylation is 2. The predicted octanol–water partition coefficient (Wildman–Crippen LogP) is 6.87. The van der Waals surface area contributed by atoms with Gasteiger partial charge in [0, 0.05) is 42.7 Å². The lowest BCUT2D eigenvalue weighted by atomic mass is 9.76. The molecular formula is C29H38N2. The maximum absolute atomic E-state index is 4.54. The number of piperidine rings is 1. The Bertz CT molecular complexity index is 941. The minimum Gasteiger partial charge on any atom is -0.388 e. The minimum absolute atomic E-state index is 0.664. The predicted molar refractivity (Wildman–Crippen MR) is 134 cm³/mol. The molecule has 0 amide bonds. The molecule has 1 saturated heterocycles. The Morgan fingerprint density at radius 1 is 0.968 bits per heavy atom. The lowest BCUT2D eigenvalue weighted by Gasteiger charge is -2.36. The van der Waals surface area contributed by atoms with Gasteiger partial charge in [-0.15, -0.1) is 0 Å². The second-order valence-electron chi connectivity index (χ2n) is 9.41.